The lowest BCUT2D eigenvalue weighted by atomic mass is 10.0. The highest BCUT2D eigenvalue weighted by Gasteiger charge is 2.20. The average Bonchev–Trinajstić information content (AvgIpc) is 2.94. The van der Waals surface area contributed by atoms with Gasteiger partial charge in [0.2, 0.25) is 5.43 Å². The Kier molecular flexibility index (Phi) is 5.56. The number of hydrogen-bond acceptors (Lipinski definition) is 4. The van der Waals surface area contributed by atoms with Gasteiger partial charge >= 0.3 is 0 Å². The lowest BCUT2D eigenvalue weighted by Gasteiger charge is -2.21. The number of phenolic OH excluding ortho intramolecular Hbond substituents is 1. The van der Waals surface area contributed by atoms with Crippen molar-refractivity contribution in [2.45, 2.75) is 39.2 Å². The van der Waals surface area contributed by atoms with Crippen molar-refractivity contribution in [3.8, 4) is 16.9 Å². The standard InChI is InChI=1S/C23H24BrNO3/c1-15-21(16-6-8-17(24)9-7-16)22(27)18-10-11-20(26)19(23(18)28-15)14-25-12-4-2-3-5-13-25/h6-11,26H,2-5,12-14H2,1H3. The van der Waals surface area contributed by atoms with E-state index in [4.69, 9.17) is 4.42 Å². The van der Waals surface area contributed by atoms with Crippen molar-refractivity contribution >= 4 is 26.9 Å². The summed E-state index contributed by atoms with van der Waals surface area (Å²) in [6, 6.07) is 10.9. The third kappa shape index (κ3) is 3.74. The Morgan fingerprint density at radius 1 is 1.04 bits per heavy atom. The van der Waals surface area contributed by atoms with E-state index < -0.39 is 0 Å². The Bertz CT molecular complexity index is 1050. The van der Waals surface area contributed by atoms with E-state index in [0.29, 0.717) is 34.4 Å². The maximum Gasteiger partial charge on any atom is 0.200 e. The van der Waals surface area contributed by atoms with Crippen molar-refractivity contribution in [1.29, 1.82) is 0 Å². The molecule has 1 fully saturated rings. The topological polar surface area (TPSA) is 53.7 Å². The van der Waals surface area contributed by atoms with Gasteiger partial charge in [0.1, 0.15) is 17.1 Å². The van der Waals surface area contributed by atoms with Crippen molar-refractivity contribution in [1.82, 2.24) is 4.90 Å². The van der Waals surface area contributed by atoms with E-state index >= 15 is 0 Å². The van der Waals surface area contributed by atoms with Crippen LogP contribution in [0.2, 0.25) is 0 Å². The van der Waals surface area contributed by atoms with E-state index in [2.05, 4.69) is 20.8 Å². The molecule has 1 N–H and O–H groups in total. The molecule has 0 unspecified atom stereocenters. The molecule has 5 heteroatoms. The van der Waals surface area contributed by atoms with Crippen LogP contribution in [0.3, 0.4) is 0 Å². The van der Waals surface area contributed by atoms with Crippen molar-refractivity contribution in [2.75, 3.05) is 13.1 Å². The van der Waals surface area contributed by atoms with Gasteiger partial charge in [0.25, 0.3) is 0 Å². The molecule has 0 saturated carbocycles. The molecule has 0 amide bonds. The molecule has 0 atom stereocenters. The van der Waals surface area contributed by atoms with E-state index in [1.165, 1.54) is 25.7 Å². The third-order valence-electron chi connectivity index (χ3n) is 5.53. The monoisotopic (exact) mass is 441 g/mol. The van der Waals surface area contributed by atoms with E-state index in [0.717, 1.165) is 23.1 Å². The summed E-state index contributed by atoms with van der Waals surface area (Å²) >= 11 is 3.43. The number of rotatable bonds is 3. The number of likely N-dealkylation sites (tertiary alicyclic amines) is 1. The SMILES string of the molecule is Cc1oc2c(CN3CCCCCC3)c(O)ccc2c(=O)c1-c1ccc(Br)cc1. The van der Waals surface area contributed by atoms with Gasteiger partial charge in [-0.3, -0.25) is 9.69 Å². The fourth-order valence-corrected chi connectivity index (χ4v) is 4.30. The molecule has 0 bridgehead atoms. The highest BCUT2D eigenvalue weighted by molar-refractivity contribution is 9.10. The van der Waals surface area contributed by atoms with E-state index in [-0.39, 0.29) is 11.2 Å². The number of benzene rings is 2. The Morgan fingerprint density at radius 3 is 2.39 bits per heavy atom. The van der Waals surface area contributed by atoms with Crippen LogP contribution in [0.5, 0.6) is 5.75 Å². The molecule has 1 aliphatic rings. The number of aryl methyl sites for hydroxylation is 1. The lowest BCUT2D eigenvalue weighted by molar-refractivity contribution is 0.272. The number of nitrogens with zero attached hydrogens (tertiary/aromatic N) is 1. The zero-order valence-corrected chi connectivity index (χ0v) is 17.6. The highest BCUT2D eigenvalue weighted by Crippen LogP contribution is 2.32. The normalized spacial score (nSPS) is 15.6. The van der Waals surface area contributed by atoms with Crippen LogP contribution in [0.4, 0.5) is 0 Å². The van der Waals surface area contributed by atoms with Crippen molar-refractivity contribution < 1.29 is 9.52 Å². The Morgan fingerprint density at radius 2 is 1.71 bits per heavy atom. The van der Waals surface area contributed by atoms with Crippen molar-refractivity contribution in [2.24, 2.45) is 0 Å². The van der Waals surface area contributed by atoms with E-state index in [1.54, 1.807) is 12.1 Å². The van der Waals surface area contributed by atoms with Gasteiger partial charge in [-0.05, 0) is 62.7 Å². The molecule has 0 aliphatic carbocycles. The summed E-state index contributed by atoms with van der Waals surface area (Å²) in [6.45, 7) is 4.44. The van der Waals surface area contributed by atoms with Crippen LogP contribution >= 0.6 is 15.9 Å². The Balaban J connectivity index is 1.83. The van der Waals surface area contributed by atoms with Gasteiger partial charge in [0.15, 0.2) is 0 Å². The quantitative estimate of drug-likeness (QED) is 0.573. The fraction of sp³-hybridized carbons (Fsp3) is 0.348. The molecule has 3 aromatic rings. The van der Waals surface area contributed by atoms with Crippen LogP contribution in [0.1, 0.15) is 37.0 Å². The third-order valence-corrected chi connectivity index (χ3v) is 6.06. The zero-order valence-electron chi connectivity index (χ0n) is 16.0. The summed E-state index contributed by atoms with van der Waals surface area (Å²) in [6.07, 6.45) is 4.84. The summed E-state index contributed by atoms with van der Waals surface area (Å²) in [5.41, 5.74) is 2.57. The van der Waals surface area contributed by atoms with Gasteiger partial charge in [-0.15, -0.1) is 0 Å². The van der Waals surface area contributed by atoms with Crippen LogP contribution < -0.4 is 5.43 Å². The highest BCUT2D eigenvalue weighted by atomic mass is 79.9. The first-order chi connectivity index (χ1) is 13.5. The van der Waals surface area contributed by atoms with Crippen LogP contribution in [-0.4, -0.2) is 23.1 Å². The molecule has 28 heavy (non-hydrogen) atoms. The first-order valence-electron chi connectivity index (χ1n) is 9.81. The number of phenols is 1. The van der Waals surface area contributed by atoms with Crippen LogP contribution in [0.25, 0.3) is 22.1 Å². The van der Waals surface area contributed by atoms with Gasteiger partial charge in [-0.1, -0.05) is 40.9 Å². The molecular weight excluding hydrogens is 418 g/mol. The van der Waals surface area contributed by atoms with Gasteiger partial charge < -0.3 is 9.52 Å². The number of halogens is 1. The number of hydrogen-bond donors (Lipinski definition) is 1. The second-order valence-electron chi connectivity index (χ2n) is 7.50. The van der Waals surface area contributed by atoms with E-state index in [1.807, 2.05) is 31.2 Å². The van der Waals surface area contributed by atoms with Crippen LogP contribution in [0.15, 0.2) is 50.1 Å². The second-order valence-corrected chi connectivity index (χ2v) is 8.42. The van der Waals surface area contributed by atoms with Crippen LogP contribution in [-0.2, 0) is 6.54 Å². The van der Waals surface area contributed by atoms with Gasteiger partial charge in [0, 0.05) is 11.0 Å². The summed E-state index contributed by atoms with van der Waals surface area (Å²) < 4.78 is 7.11. The summed E-state index contributed by atoms with van der Waals surface area (Å²) in [5, 5.41) is 11.0. The van der Waals surface area contributed by atoms with Gasteiger partial charge in [-0.25, -0.2) is 0 Å². The molecule has 4 rings (SSSR count). The summed E-state index contributed by atoms with van der Waals surface area (Å²) in [7, 11) is 0. The lowest BCUT2D eigenvalue weighted by Crippen LogP contribution is -2.24. The summed E-state index contributed by atoms with van der Waals surface area (Å²) in [4.78, 5) is 15.6. The number of fused-ring (bicyclic) bond motifs is 1. The van der Waals surface area contributed by atoms with Gasteiger partial charge in [0.05, 0.1) is 16.5 Å². The van der Waals surface area contributed by atoms with Crippen molar-refractivity contribution in [3.63, 3.8) is 0 Å². The largest absolute Gasteiger partial charge is 0.507 e. The van der Waals surface area contributed by atoms with Crippen LogP contribution in [0, 0.1) is 6.92 Å². The molecular formula is C23H24BrNO3. The molecule has 0 radical (unpaired) electrons. The first kappa shape index (κ1) is 19.2. The zero-order chi connectivity index (χ0) is 19.7. The second kappa shape index (κ2) is 8.10. The predicted molar refractivity (Wildman–Crippen MR) is 116 cm³/mol. The van der Waals surface area contributed by atoms with E-state index in [9.17, 15) is 9.90 Å². The maximum atomic E-state index is 13.3. The predicted octanol–water partition coefficient (Wildman–Crippen LogP) is 5.61. The molecule has 1 aliphatic heterocycles. The van der Waals surface area contributed by atoms with Crippen molar-refractivity contribution in [3.05, 3.63) is 62.4 Å². The molecule has 4 nitrogen and oxygen atoms in total. The first-order valence-corrected chi connectivity index (χ1v) is 10.6. The molecule has 2 aromatic carbocycles. The Hall–Kier alpha value is -2.11. The molecule has 0 spiro atoms. The molecule has 146 valence electrons. The minimum atomic E-state index is -0.0572. The minimum Gasteiger partial charge on any atom is -0.507 e. The molecule has 2 heterocycles. The average molecular weight is 442 g/mol. The fourth-order valence-electron chi connectivity index (χ4n) is 4.03. The number of aromatic hydroxyl groups is 1. The van der Waals surface area contributed by atoms with Gasteiger partial charge in [-0.2, -0.15) is 0 Å². The maximum absolute atomic E-state index is 13.3. The molecule has 1 saturated heterocycles. The Labute approximate surface area is 172 Å². The minimum absolute atomic E-state index is 0.0572. The summed E-state index contributed by atoms with van der Waals surface area (Å²) in [5.74, 6) is 0.762. The molecule has 1 aromatic heterocycles. The smallest absolute Gasteiger partial charge is 0.200 e.